The molecule has 0 bridgehead atoms. The molecule has 23 heavy (non-hydrogen) atoms. The molecule has 0 atom stereocenters. The molecule has 5 heteroatoms. The first-order chi connectivity index (χ1) is 11.1. The number of benzene rings is 2. The quantitative estimate of drug-likeness (QED) is 0.414. The lowest BCUT2D eigenvalue weighted by Crippen LogP contribution is -1.94. The summed E-state index contributed by atoms with van der Waals surface area (Å²) in [4.78, 5) is 19.4. The molecule has 0 saturated carbocycles. The van der Waals surface area contributed by atoms with E-state index in [1.165, 1.54) is 11.6 Å². The number of hydrogen-bond acceptors (Lipinski definition) is 4. The third-order valence-corrected chi connectivity index (χ3v) is 3.58. The topological polar surface area (TPSA) is 68.4 Å². The van der Waals surface area contributed by atoms with Crippen LogP contribution in [-0.2, 0) is 6.54 Å². The first-order valence-corrected chi connectivity index (χ1v) is 7.22. The number of aliphatic imine (C=N–C) groups is 1. The molecule has 5 nitrogen and oxygen atoms in total. The molecule has 114 valence electrons. The van der Waals surface area contributed by atoms with Crippen LogP contribution in [0.25, 0.3) is 10.8 Å². The van der Waals surface area contributed by atoms with E-state index in [2.05, 4.69) is 16.0 Å². The van der Waals surface area contributed by atoms with Crippen molar-refractivity contribution in [3.8, 4) is 0 Å². The summed E-state index contributed by atoms with van der Waals surface area (Å²) >= 11 is 0. The zero-order chi connectivity index (χ0) is 16.2. The predicted octanol–water partition coefficient (Wildman–Crippen LogP) is 4.07. The molecule has 0 unspecified atom stereocenters. The van der Waals surface area contributed by atoms with Crippen molar-refractivity contribution in [3.05, 3.63) is 81.7 Å². The smallest absolute Gasteiger partial charge is 0.277 e. The molecule has 0 aliphatic heterocycles. The second-order valence-corrected chi connectivity index (χ2v) is 5.28. The SMILES string of the molecule is Cc1cccc(CN=Cc2nccc3c([N+](=O)[O-])cccc23)c1. The van der Waals surface area contributed by atoms with Gasteiger partial charge in [0.15, 0.2) is 0 Å². The molecular formula is C18H15N3O2. The summed E-state index contributed by atoms with van der Waals surface area (Å²) < 4.78 is 0. The van der Waals surface area contributed by atoms with E-state index in [-0.39, 0.29) is 10.6 Å². The zero-order valence-corrected chi connectivity index (χ0v) is 12.6. The minimum absolute atomic E-state index is 0.0817. The van der Waals surface area contributed by atoms with Crippen molar-refractivity contribution >= 4 is 22.7 Å². The maximum Gasteiger partial charge on any atom is 0.277 e. The van der Waals surface area contributed by atoms with Crippen LogP contribution in [0.5, 0.6) is 0 Å². The van der Waals surface area contributed by atoms with Crippen molar-refractivity contribution in [2.75, 3.05) is 0 Å². The molecule has 3 aromatic rings. The van der Waals surface area contributed by atoms with Gasteiger partial charge in [0.1, 0.15) is 0 Å². The summed E-state index contributed by atoms with van der Waals surface area (Å²) in [5, 5.41) is 12.4. The van der Waals surface area contributed by atoms with Gasteiger partial charge in [-0.3, -0.25) is 20.1 Å². The Bertz CT molecular complexity index is 904. The van der Waals surface area contributed by atoms with Crippen molar-refractivity contribution in [2.24, 2.45) is 4.99 Å². The van der Waals surface area contributed by atoms with Crippen LogP contribution in [0.1, 0.15) is 16.8 Å². The second kappa shape index (κ2) is 6.36. The second-order valence-electron chi connectivity index (χ2n) is 5.28. The van der Waals surface area contributed by atoms with Crippen LogP contribution in [-0.4, -0.2) is 16.1 Å². The maximum atomic E-state index is 11.1. The fourth-order valence-electron chi connectivity index (χ4n) is 2.52. The third kappa shape index (κ3) is 3.23. The molecule has 0 aliphatic carbocycles. The molecule has 1 heterocycles. The van der Waals surface area contributed by atoms with E-state index in [4.69, 9.17) is 0 Å². The summed E-state index contributed by atoms with van der Waals surface area (Å²) in [5.74, 6) is 0. The summed E-state index contributed by atoms with van der Waals surface area (Å²) in [6, 6.07) is 14.8. The average molecular weight is 305 g/mol. The number of aryl methyl sites for hydroxylation is 1. The number of hydrogen-bond donors (Lipinski definition) is 0. The molecule has 0 spiro atoms. The van der Waals surface area contributed by atoms with Crippen LogP contribution in [0, 0.1) is 17.0 Å². The number of pyridine rings is 1. The van der Waals surface area contributed by atoms with Crippen LogP contribution in [0.3, 0.4) is 0 Å². The van der Waals surface area contributed by atoms with Crippen LogP contribution < -0.4 is 0 Å². The zero-order valence-electron chi connectivity index (χ0n) is 12.6. The van der Waals surface area contributed by atoms with Gasteiger partial charge in [0.2, 0.25) is 0 Å². The highest BCUT2D eigenvalue weighted by Crippen LogP contribution is 2.25. The highest BCUT2D eigenvalue weighted by molar-refractivity contribution is 6.01. The van der Waals surface area contributed by atoms with Gasteiger partial charge < -0.3 is 0 Å². The molecule has 3 rings (SSSR count). The monoisotopic (exact) mass is 305 g/mol. The Balaban J connectivity index is 1.93. The van der Waals surface area contributed by atoms with E-state index in [0.29, 0.717) is 17.6 Å². The Kier molecular flexibility index (Phi) is 4.10. The normalized spacial score (nSPS) is 11.2. The number of nitro groups is 1. The van der Waals surface area contributed by atoms with Crippen LogP contribution in [0.4, 0.5) is 5.69 Å². The highest BCUT2D eigenvalue weighted by Gasteiger charge is 2.12. The van der Waals surface area contributed by atoms with Crippen molar-refractivity contribution in [1.82, 2.24) is 4.98 Å². The molecule has 0 N–H and O–H groups in total. The Labute approximate surface area is 133 Å². The van der Waals surface area contributed by atoms with Gasteiger partial charge in [-0.05, 0) is 18.6 Å². The Hall–Kier alpha value is -3.08. The molecule has 2 aromatic carbocycles. The lowest BCUT2D eigenvalue weighted by atomic mass is 10.1. The van der Waals surface area contributed by atoms with Gasteiger partial charge in [-0.1, -0.05) is 42.0 Å². The lowest BCUT2D eigenvalue weighted by molar-refractivity contribution is -0.383. The fourth-order valence-corrected chi connectivity index (χ4v) is 2.52. The van der Waals surface area contributed by atoms with Gasteiger partial charge in [0, 0.05) is 23.9 Å². The number of nitrogens with zero attached hydrogens (tertiary/aromatic N) is 3. The maximum absolute atomic E-state index is 11.1. The number of fused-ring (bicyclic) bond motifs is 1. The van der Waals surface area contributed by atoms with Gasteiger partial charge >= 0.3 is 0 Å². The summed E-state index contributed by atoms with van der Waals surface area (Å²) in [6.07, 6.45) is 3.25. The third-order valence-electron chi connectivity index (χ3n) is 3.58. The van der Waals surface area contributed by atoms with Crippen molar-refractivity contribution in [3.63, 3.8) is 0 Å². The van der Waals surface area contributed by atoms with Crippen LogP contribution in [0.15, 0.2) is 59.7 Å². The Morgan fingerprint density at radius 1 is 1.17 bits per heavy atom. The van der Waals surface area contributed by atoms with Crippen LogP contribution in [0.2, 0.25) is 0 Å². The van der Waals surface area contributed by atoms with Crippen molar-refractivity contribution in [2.45, 2.75) is 13.5 Å². The molecule has 0 saturated heterocycles. The lowest BCUT2D eigenvalue weighted by Gasteiger charge is -2.02. The van der Waals surface area contributed by atoms with Gasteiger partial charge in [0.05, 0.1) is 22.5 Å². The minimum atomic E-state index is -0.379. The predicted molar refractivity (Wildman–Crippen MR) is 90.9 cm³/mol. The van der Waals surface area contributed by atoms with Gasteiger partial charge in [-0.25, -0.2) is 0 Å². The summed E-state index contributed by atoms with van der Waals surface area (Å²) in [7, 11) is 0. The largest absolute Gasteiger partial charge is 0.286 e. The van der Waals surface area contributed by atoms with Gasteiger partial charge in [-0.15, -0.1) is 0 Å². The van der Waals surface area contributed by atoms with Crippen molar-refractivity contribution in [1.29, 1.82) is 0 Å². The first-order valence-electron chi connectivity index (χ1n) is 7.22. The molecule has 0 fully saturated rings. The van der Waals surface area contributed by atoms with Gasteiger partial charge in [-0.2, -0.15) is 0 Å². The number of nitro benzene ring substituents is 1. The standard InChI is InChI=1S/C18H15N3O2/c1-13-4-2-5-14(10-13)11-19-12-17-15-6-3-7-18(21(22)23)16(15)8-9-20-17/h2-10,12H,11H2,1H3. The van der Waals surface area contributed by atoms with E-state index >= 15 is 0 Å². The molecule has 0 radical (unpaired) electrons. The molecule has 1 aromatic heterocycles. The first kappa shape index (κ1) is 14.8. The Morgan fingerprint density at radius 2 is 2.00 bits per heavy atom. The number of rotatable bonds is 4. The van der Waals surface area contributed by atoms with E-state index < -0.39 is 0 Å². The minimum Gasteiger partial charge on any atom is -0.286 e. The average Bonchev–Trinajstić information content (AvgIpc) is 2.54. The molecule has 0 amide bonds. The van der Waals surface area contributed by atoms with Crippen LogP contribution >= 0.6 is 0 Å². The molecule has 0 aliphatic rings. The van der Waals surface area contributed by atoms with E-state index in [1.54, 1.807) is 24.5 Å². The Morgan fingerprint density at radius 3 is 2.78 bits per heavy atom. The fraction of sp³-hybridized carbons (Fsp3) is 0.111. The molecular weight excluding hydrogens is 290 g/mol. The van der Waals surface area contributed by atoms with Gasteiger partial charge in [0.25, 0.3) is 5.69 Å². The summed E-state index contributed by atoms with van der Waals surface area (Å²) in [6.45, 7) is 2.59. The number of non-ortho nitro benzene ring substituents is 1. The van der Waals surface area contributed by atoms with E-state index in [0.717, 1.165) is 10.9 Å². The van der Waals surface area contributed by atoms with E-state index in [9.17, 15) is 10.1 Å². The highest BCUT2D eigenvalue weighted by atomic mass is 16.6. The number of aromatic nitrogens is 1. The summed E-state index contributed by atoms with van der Waals surface area (Å²) in [5.41, 5.74) is 3.03. The van der Waals surface area contributed by atoms with Crippen molar-refractivity contribution < 1.29 is 4.92 Å². The van der Waals surface area contributed by atoms with E-state index in [1.807, 2.05) is 31.2 Å².